The standard InChI is InChI=1S/C15H32O4Si/c1-6-15(13-16-14(15)5)11-10-12-20(17-7-2,18-8-3)19-9-4/h14H,6-13H2,1-5H3. The van der Waals surface area contributed by atoms with Crippen molar-refractivity contribution in [3.05, 3.63) is 0 Å². The molecule has 20 heavy (non-hydrogen) atoms. The first-order chi connectivity index (χ1) is 9.58. The third-order valence-corrected chi connectivity index (χ3v) is 7.59. The van der Waals surface area contributed by atoms with Gasteiger partial charge >= 0.3 is 8.80 Å². The molecule has 4 nitrogen and oxygen atoms in total. The predicted octanol–water partition coefficient (Wildman–Crippen LogP) is 3.63. The van der Waals surface area contributed by atoms with E-state index in [4.69, 9.17) is 18.0 Å². The minimum Gasteiger partial charge on any atom is -0.377 e. The summed E-state index contributed by atoms with van der Waals surface area (Å²) in [7, 11) is -2.46. The van der Waals surface area contributed by atoms with E-state index in [0.29, 0.717) is 31.3 Å². The van der Waals surface area contributed by atoms with Gasteiger partial charge in [0.25, 0.3) is 0 Å². The molecule has 1 saturated heterocycles. The maximum absolute atomic E-state index is 5.90. The third kappa shape index (κ3) is 4.27. The van der Waals surface area contributed by atoms with Crippen LogP contribution in [-0.2, 0) is 18.0 Å². The molecule has 0 N–H and O–H groups in total. The zero-order valence-corrected chi connectivity index (χ0v) is 14.9. The Morgan fingerprint density at radius 2 is 1.60 bits per heavy atom. The fraction of sp³-hybridized carbons (Fsp3) is 1.00. The Morgan fingerprint density at radius 3 is 1.90 bits per heavy atom. The quantitative estimate of drug-likeness (QED) is 0.546. The van der Waals surface area contributed by atoms with Gasteiger partial charge in [-0.25, -0.2) is 0 Å². The van der Waals surface area contributed by atoms with Crippen LogP contribution in [0.2, 0.25) is 6.04 Å². The average Bonchev–Trinajstić information content (AvgIpc) is 2.43. The fourth-order valence-corrected chi connectivity index (χ4v) is 5.60. The van der Waals surface area contributed by atoms with Crippen molar-refractivity contribution in [3.8, 4) is 0 Å². The molecule has 1 aliphatic rings. The highest BCUT2D eigenvalue weighted by Crippen LogP contribution is 2.43. The highest BCUT2D eigenvalue weighted by atomic mass is 28.4. The van der Waals surface area contributed by atoms with E-state index in [9.17, 15) is 0 Å². The zero-order valence-electron chi connectivity index (χ0n) is 13.9. The molecule has 0 aliphatic carbocycles. The molecule has 5 heteroatoms. The number of hydrogen-bond donors (Lipinski definition) is 0. The van der Waals surface area contributed by atoms with Crippen molar-refractivity contribution in [1.82, 2.24) is 0 Å². The fourth-order valence-electron chi connectivity index (χ4n) is 2.99. The first kappa shape index (κ1) is 18.1. The summed E-state index contributed by atoms with van der Waals surface area (Å²) >= 11 is 0. The van der Waals surface area contributed by atoms with Crippen LogP contribution in [0.25, 0.3) is 0 Å². The lowest BCUT2D eigenvalue weighted by Gasteiger charge is -2.48. The van der Waals surface area contributed by atoms with Crippen molar-refractivity contribution >= 4 is 8.80 Å². The van der Waals surface area contributed by atoms with Gasteiger partial charge in [0.15, 0.2) is 0 Å². The molecular formula is C15H32O4Si. The monoisotopic (exact) mass is 304 g/mol. The van der Waals surface area contributed by atoms with E-state index in [1.165, 1.54) is 12.8 Å². The topological polar surface area (TPSA) is 36.9 Å². The molecule has 0 aromatic carbocycles. The second kappa shape index (κ2) is 8.49. The SMILES string of the molecule is CCO[Si](CCCC1(CC)COC1C)(OCC)OCC. The molecule has 0 radical (unpaired) electrons. The molecule has 1 aliphatic heterocycles. The Kier molecular flexibility index (Phi) is 7.68. The van der Waals surface area contributed by atoms with Crippen LogP contribution in [0.4, 0.5) is 0 Å². The summed E-state index contributed by atoms with van der Waals surface area (Å²) in [5.74, 6) is 0. The summed E-state index contributed by atoms with van der Waals surface area (Å²) < 4.78 is 23.3. The first-order valence-electron chi connectivity index (χ1n) is 8.11. The van der Waals surface area contributed by atoms with Crippen LogP contribution in [0.3, 0.4) is 0 Å². The average molecular weight is 305 g/mol. The molecule has 2 unspecified atom stereocenters. The van der Waals surface area contributed by atoms with Crippen molar-refractivity contribution in [1.29, 1.82) is 0 Å². The summed E-state index contributed by atoms with van der Waals surface area (Å²) in [4.78, 5) is 0. The van der Waals surface area contributed by atoms with E-state index in [1.54, 1.807) is 0 Å². The van der Waals surface area contributed by atoms with E-state index >= 15 is 0 Å². The van der Waals surface area contributed by atoms with Crippen molar-refractivity contribution in [3.63, 3.8) is 0 Å². The van der Waals surface area contributed by atoms with Gasteiger partial charge in [0.05, 0.1) is 12.7 Å². The lowest BCUT2D eigenvalue weighted by atomic mass is 9.73. The third-order valence-electron chi connectivity index (χ3n) is 4.44. The lowest BCUT2D eigenvalue weighted by molar-refractivity contribution is -0.183. The molecule has 0 bridgehead atoms. The molecule has 1 fully saturated rings. The van der Waals surface area contributed by atoms with E-state index < -0.39 is 8.80 Å². The molecule has 0 aromatic heterocycles. The lowest BCUT2D eigenvalue weighted by Crippen LogP contribution is -2.50. The molecule has 0 amide bonds. The first-order valence-corrected chi connectivity index (χ1v) is 10.0. The number of ether oxygens (including phenoxy) is 1. The summed E-state index contributed by atoms with van der Waals surface area (Å²) in [6, 6.07) is 0.914. The zero-order chi connectivity index (χ0) is 15.1. The van der Waals surface area contributed by atoms with E-state index in [-0.39, 0.29) is 0 Å². The number of hydrogen-bond acceptors (Lipinski definition) is 4. The summed E-state index contributed by atoms with van der Waals surface area (Å²) in [6.07, 6.45) is 3.83. The Bertz CT molecular complexity index is 254. The Balaban J connectivity index is 2.52. The van der Waals surface area contributed by atoms with Gasteiger partial charge in [0, 0.05) is 31.3 Å². The molecule has 120 valence electrons. The smallest absolute Gasteiger partial charge is 0.377 e. The van der Waals surface area contributed by atoms with Gasteiger partial charge in [-0.05, 0) is 47.0 Å². The van der Waals surface area contributed by atoms with Gasteiger partial charge in [-0.1, -0.05) is 6.92 Å². The Hall–Kier alpha value is 0.0569. The summed E-state index contributed by atoms with van der Waals surface area (Å²) in [6.45, 7) is 13.3. The normalized spacial score (nSPS) is 26.6. The Morgan fingerprint density at radius 1 is 1.05 bits per heavy atom. The van der Waals surface area contributed by atoms with Crippen LogP contribution in [0.5, 0.6) is 0 Å². The van der Waals surface area contributed by atoms with Crippen LogP contribution < -0.4 is 0 Å². The highest BCUT2D eigenvalue weighted by molar-refractivity contribution is 6.60. The molecule has 2 atom stereocenters. The van der Waals surface area contributed by atoms with Gasteiger partial charge in [-0.2, -0.15) is 0 Å². The van der Waals surface area contributed by atoms with Crippen molar-refractivity contribution in [2.75, 3.05) is 26.4 Å². The minimum atomic E-state index is -2.46. The molecule has 1 heterocycles. The maximum Gasteiger partial charge on any atom is 0.500 e. The molecular weight excluding hydrogens is 272 g/mol. The number of rotatable bonds is 11. The van der Waals surface area contributed by atoms with Crippen LogP contribution >= 0.6 is 0 Å². The highest BCUT2D eigenvalue weighted by Gasteiger charge is 2.45. The van der Waals surface area contributed by atoms with Crippen LogP contribution in [0.1, 0.15) is 53.9 Å². The summed E-state index contributed by atoms with van der Waals surface area (Å²) in [5.41, 5.74) is 0.366. The molecule has 1 rings (SSSR count). The Labute approximate surface area is 125 Å². The van der Waals surface area contributed by atoms with E-state index in [2.05, 4.69) is 13.8 Å². The largest absolute Gasteiger partial charge is 0.500 e. The van der Waals surface area contributed by atoms with Gasteiger partial charge in [-0.15, -0.1) is 0 Å². The molecule has 0 aromatic rings. The van der Waals surface area contributed by atoms with E-state index in [0.717, 1.165) is 19.1 Å². The molecule has 0 spiro atoms. The van der Waals surface area contributed by atoms with Gasteiger partial charge < -0.3 is 18.0 Å². The van der Waals surface area contributed by atoms with Gasteiger partial charge in [0.1, 0.15) is 0 Å². The predicted molar refractivity (Wildman–Crippen MR) is 82.8 cm³/mol. The van der Waals surface area contributed by atoms with Crippen LogP contribution in [0, 0.1) is 5.41 Å². The minimum absolute atomic E-state index is 0.366. The van der Waals surface area contributed by atoms with Gasteiger partial charge in [-0.3, -0.25) is 0 Å². The van der Waals surface area contributed by atoms with Crippen LogP contribution in [0.15, 0.2) is 0 Å². The van der Waals surface area contributed by atoms with Gasteiger partial charge in [0.2, 0.25) is 0 Å². The second-order valence-electron chi connectivity index (χ2n) is 5.50. The van der Waals surface area contributed by atoms with Crippen molar-refractivity contribution in [2.24, 2.45) is 5.41 Å². The maximum atomic E-state index is 5.90. The summed E-state index contributed by atoms with van der Waals surface area (Å²) in [5, 5.41) is 0. The van der Waals surface area contributed by atoms with Crippen LogP contribution in [-0.4, -0.2) is 41.3 Å². The van der Waals surface area contributed by atoms with Crippen molar-refractivity contribution < 1.29 is 18.0 Å². The van der Waals surface area contributed by atoms with E-state index in [1.807, 2.05) is 20.8 Å². The van der Waals surface area contributed by atoms with Crippen molar-refractivity contribution in [2.45, 2.75) is 66.0 Å². The second-order valence-corrected chi connectivity index (χ2v) is 8.24. The molecule has 0 saturated carbocycles.